The maximum atomic E-state index is 12.5. The molecule has 7 heteroatoms. The molecule has 2 unspecified atom stereocenters. The number of hydrogen-bond acceptors (Lipinski definition) is 5. The highest BCUT2D eigenvalue weighted by molar-refractivity contribution is 6.32. The number of carbonyl (C=O) groups is 1. The largest absolute Gasteiger partial charge is 0.479 e. The number of rotatable bonds is 7. The number of halogens is 1. The van der Waals surface area contributed by atoms with Crippen LogP contribution in [0.5, 0.6) is 5.75 Å². The van der Waals surface area contributed by atoms with Crippen LogP contribution in [0.1, 0.15) is 24.5 Å². The molecule has 0 aliphatic carbocycles. The number of nitrogens with one attached hydrogen (secondary N) is 1. The second-order valence-corrected chi connectivity index (χ2v) is 6.96. The number of amides is 1. The summed E-state index contributed by atoms with van der Waals surface area (Å²) in [7, 11) is 0. The Bertz CT molecular complexity index is 758. The Morgan fingerprint density at radius 2 is 2.00 bits per heavy atom. The third-order valence-electron chi connectivity index (χ3n) is 4.56. The molecule has 146 valence electrons. The zero-order chi connectivity index (χ0) is 19.2. The lowest BCUT2D eigenvalue weighted by atomic mass is 10.1. The second kappa shape index (κ2) is 9.26. The van der Waals surface area contributed by atoms with E-state index < -0.39 is 6.10 Å². The first kappa shape index (κ1) is 19.7. The molecule has 0 saturated carbocycles. The Balaban J connectivity index is 1.62. The van der Waals surface area contributed by atoms with Crippen molar-refractivity contribution in [3.63, 3.8) is 0 Å². The number of hydrogen-bond donors (Lipinski definition) is 1. The zero-order valence-corrected chi connectivity index (χ0v) is 16.4. The number of benzene rings is 1. The van der Waals surface area contributed by atoms with E-state index in [2.05, 4.69) is 10.2 Å². The molecule has 1 fully saturated rings. The number of ether oxygens (including phenoxy) is 2. The van der Waals surface area contributed by atoms with Crippen molar-refractivity contribution in [3.8, 4) is 5.75 Å². The van der Waals surface area contributed by atoms with Crippen LogP contribution >= 0.6 is 11.6 Å². The average Bonchev–Trinajstić information content (AvgIpc) is 3.10. The zero-order valence-electron chi connectivity index (χ0n) is 15.6. The van der Waals surface area contributed by atoms with Gasteiger partial charge >= 0.3 is 0 Å². The number of aryl methyl sites for hydroxylation is 1. The Labute approximate surface area is 164 Å². The summed E-state index contributed by atoms with van der Waals surface area (Å²) in [6.45, 7) is 7.00. The van der Waals surface area contributed by atoms with Gasteiger partial charge in [-0.15, -0.1) is 0 Å². The highest BCUT2D eigenvalue weighted by Crippen LogP contribution is 2.25. The number of para-hydroxylation sites is 1. The summed E-state index contributed by atoms with van der Waals surface area (Å²) < 4.78 is 17.0. The SMILES string of the molecule is Cc1ccc(C(CNC(=O)C(C)Oc2ccccc2Cl)N2CCOCC2)o1. The summed E-state index contributed by atoms with van der Waals surface area (Å²) in [6.07, 6.45) is -0.659. The van der Waals surface area contributed by atoms with Crippen molar-refractivity contribution in [1.29, 1.82) is 0 Å². The van der Waals surface area contributed by atoms with Crippen molar-refractivity contribution >= 4 is 17.5 Å². The van der Waals surface area contributed by atoms with Gasteiger partial charge in [-0.05, 0) is 38.1 Å². The van der Waals surface area contributed by atoms with Crippen molar-refractivity contribution in [3.05, 3.63) is 52.9 Å². The monoisotopic (exact) mass is 392 g/mol. The lowest BCUT2D eigenvalue weighted by Gasteiger charge is -2.33. The molecule has 6 nitrogen and oxygen atoms in total. The van der Waals surface area contributed by atoms with E-state index in [0.29, 0.717) is 30.5 Å². The predicted molar refractivity (Wildman–Crippen MR) is 103 cm³/mol. The summed E-state index contributed by atoms with van der Waals surface area (Å²) in [6, 6.07) is 11.0. The molecule has 1 aromatic carbocycles. The van der Waals surface area contributed by atoms with Gasteiger partial charge in [-0.25, -0.2) is 0 Å². The van der Waals surface area contributed by atoms with Gasteiger partial charge in [-0.1, -0.05) is 23.7 Å². The molecule has 1 amide bonds. The molecule has 1 N–H and O–H groups in total. The van der Waals surface area contributed by atoms with Crippen LogP contribution in [0.3, 0.4) is 0 Å². The van der Waals surface area contributed by atoms with Gasteiger partial charge in [-0.3, -0.25) is 9.69 Å². The Kier molecular flexibility index (Phi) is 6.77. The first-order chi connectivity index (χ1) is 13.0. The lowest BCUT2D eigenvalue weighted by molar-refractivity contribution is -0.127. The Morgan fingerprint density at radius 3 is 2.67 bits per heavy atom. The summed E-state index contributed by atoms with van der Waals surface area (Å²) in [5.74, 6) is 1.99. The minimum atomic E-state index is -0.659. The Hall–Kier alpha value is -2.02. The molecule has 1 aliphatic heterocycles. The first-order valence-corrected chi connectivity index (χ1v) is 9.49. The van der Waals surface area contributed by atoms with Crippen molar-refractivity contribution in [2.45, 2.75) is 26.0 Å². The van der Waals surface area contributed by atoms with Crippen molar-refractivity contribution in [2.24, 2.45) is 0 Å². The molecule has 0 spiro atoms. The lowest BCUT2D eigenvalue weighted by Crippen LogP contribution is -2.45. The van der Waals surface area contributed by atoms with Gasteiger partial charge < -0.3 is 19.2 Å². The maximum Gasteiger partial charge on any atom is 0.260 e. The van der Waals surface area contributed by atoms with Gasteiger partial charge in [-0.2, -0.15) is 0 Å². The fourth-order valence-corrected chi connectivity index (χ4v) is 3.24. The molecule has 2 aromatic rings. The molecule has 1 aliphatic rings. The first-order valence-electron chi connectivity index (χ1n) is 9.11. The van der Waals surface area contributed by atoms with Gasteiger partial charge in [0, 0.05) is 19.6 Å². The molecule has 2 heterocycles. The average molecular weight is 393 g/mol. The summed E-state index contributed by atoms with van der Waals surface area (Å²) >= 11 is 6.10. The van der Waals surface area contributed by atoms with Gasteiger partial charge in [0.15, 0.2) is 6.10 Å². The smallest absolute Gasteiger partial charge is 0.260 e. The summed E-state index contributed by atoms with van der Waals surface area (Å²) in [5.41, 5.74) is 0. The fraction of sp³-hybridized carbons (Fsp3) is 0.450. The molecule has 0 bridgehead atoms. The van der Waals surface area contributed by atoms with E-state index in [1.54, 1.807) is 19.1 Å². The summed E-state index contributed by atoms with van der Waals surface area (Å²) in [5, 5.41) is 3.46. The Morgan fingerprint density at radius 1 is 1.26 bits per heavy atom. The van der Waals surface area contributed by atoms with Crippen molar-refractivity contribution in [1.82, 2.24) is 10.2 Å². The molecule has 0 radical (unpaired) electrons. The molecule has 2 atom stereocenters. The maximum absolute atomic E-state index is 12.5. The summed E-state index contributed by atoms with van der Waals surface area (Å²) in [4.78, 5) is 14.8. The fourth-order valence-electron chi connectivity index (χ4n) is 3.06. The van der Waals surface area contributed by atoms with E-state index in [-0.39, 0.29) is 11.9 Å². The van der Waals surface area contributed by atoms with Crippen molar-refractivity contribution in [2.75, 3.05) is 32.8 Å². The third-order valence-corrected chi connectivity index (χ3v) is 4.87. The minimum Gasteiger partial charge on any atom is -0.479 e. The van der Waals surface area contributed by atoms with Crippen LogP contribution in [0.15, 0.2) is 40.8 Å². The van der Waals surface area contributed by atoms with E-state index >= 15 is 0 Å². The quantitative estimate of drug-likeness (QED) is 0.783. The molecule has 1 saturated heterocycles. The van der Waals surface area contributed by atoms with Crippen LogP contribution in [0.4, 0.5) is 0 Å². The predicted octanol–water partition coefficient (Wildman–Crippen LogP) is 3.20. The van der Waals surface area contributed by atoms with Crippen LogP contribution in [0, 0.1) is 6.92 Å². The van der Waals surface area contributed by atoms with Gasteiger partial charge in [0.1, 0.15) is 17.3 Å². The van der Waals surface area contributed by atoms with Crippen molar-refractivity contribution < 1.29 is 18.7 Å². The van der Waals surface area contributed by atoms with Crippen LogP contribution in [-0.4, -0.2) is 49.8 Å². The normalized spacial score (nSPS) is 17.3. The van der Waals surface area contributed by atoms with Gasteiger partial charge in [0.2, 0.25) is 0 Å². The highest BCUT2D eigenvalue weighted by atomic mass is 35.5. The molecule has 3 rings (SSSR count). The number of carbonyl (C=O) groups excluding carboxylic acids is 1. The van der Waals surface area contributed by atoms with Crippen LogP contribution in [-0.2, 0) is 9.53 Å². The van der Waals surface area contributed by atoms with E-state index in [1.807, 2.05) is 31.2 Å². The minimum absolute atomic E-state index is 0.0425. The molecular weight excluding hydrogens is 368 g/mol. The van der Waals surface area contributed by atoms with Crippen LogP contribution in [0.2, 0.25) is 5.02 Å². The van der Waals surface area contributed by atoms with Crippen LogP contribution in [0.25, 0.3) is 0 Å². The highest BCUT2D eigenvalue weighted by Gasteiger charge is 2.26. The molecule has 1 aromatic heterocycles. The van der Waals surface area contributed by atoms with E-state index in [4.69, 9.17) is 25.5 Å². The number of nitrogens with zero attached hydrogens (tertiary/aromatic N) is 1. The molecular formula is C20H25ClN2O4. The molecule has 27 heavy (non-hydrogen) atoms. The van der Waals surface area contributed by atoms with E-state index in [0.717, 1.165) is 24.6 Å². The van der Waals surface area contributed by atoms with Crippen LogP contribution < -0.4 is 10.1 Å². The standard InChI is InChI=1S/C20H25ClN2O4/c1-14-7-8-19(26-14)17(23-9-11-25-12-10-23)13-22-20(24)15(2)27-18-6-4-3-5-16(18)21/h3-8,15,17H,9-13H2,1-2H3,(H,22,24). The van der Waals surface area contributed by atoms with E-state index in [1.165, 1.54) is 0 Å². The number of furan rings is 1. The van der Waals surface area contributed by atoms with Gasteiger partial charge in [0.25, 0.3) is 5.91 Å². The van der Waals surface area contributed by atoms with Gasteiger partial charge in [0.05, 0.1) is 24.3 Å². The third kappa shape index (κ3) is 5.25. The second-order valence-electron chi connectivity index (χ2n) is 6.55. The topological polar surface area (TPSA) is 63.9 Å². The van der Waals surface area contributed by atoms with E-state index in [9.17, 15) is 4.79 Å². The number of morpholine rings is 1.